The summed E-state index contributed by atoms with van der Waals surface area (Å²) in [5.41, 5.74) is 7.91. The number of nitrogens with one attached hydrogen (secondary N) is 2. The zero-order valence-electron chi connectivity index (χ0n) is 21.2. The molecule has 3 aromatic rings. The van der Waals surface area contributed by atoms with Crippen molar-refractivity contribution in [2.45, 2.75) is 25.3 Å². The normalized spacial score (nSPS) is 18.2. The largest absolute Gasteiger partial charge is 0.384 e. The van der Waals surface area contributed by atoms with Crippen LogP contribution in [0.15, 0.2) is 48.5 Å². The number of aromatic nitrogens is 1. The van der Waals surface area contributed by atoms with Gasteiger partial charge in [0.15, 0.2) is 0 Å². The minimum absolute atomic E-state index is 0.221. The second-order valence-corrected chi connectivity index (χ2v) is 10.1. The average molecular weight is 554 g/mol. The highest BCUT2D eigenvalue weighted by Crippen LogP contribution is 2.30. The molecule has 1 aromatic heterocycles. The van der Waals surface area contributed by atoms with Crippen LogP contribution in [0, 0.1) is 5.82 Å². The van der Waals surface area contributed by atoms with Crippen LogP contribution in [0.1, 0.15) is 19.3 Å². The molecule has 5 amide bonds. The van der Waals surface area contributed by atoms with E-state index in [1.807, 2.05) is 12.1 Å². The van der Waals surface area contributed by atoms with Crippen LogP contribution in [-0.4, -0.2) is 71.5 Å². The van der Waals surface area contributed by atoms with E-state index in [2.05, 4.69) is 20.5 Å². The molecular weight excluding hydrogens is 525 g/mol. The van der Waals surface area contributed by atoms with Crippen molar-refractivity contribution in [3.63, 3.8) is 0 Å². The molecule has 1 atom stereocenters. The van der Waals surface area contributed by atoms with E-state index < -0.39 is 23.8 Å². The van der Waals surface area contributed by atoms with Crippen molar-refractivity contribution < 1.29 is 18.8 Å². The Labute approximate surface area is 229 Å². The predicted octanol–water partition coefficient (Wildman–Crippen LogP) is 4.05. The van der Waals surface area contributed by atoms with E-state index >= 15 is 0 Å². The van der Waals surface area contributed by atoms with E-state index in [1.54, 1.807) is 23.1 Å². The lowest BCUT2D eigenvalue weighted by atomic mass is 10.1. The Morgan fingerprint density at radius 3 is 2.56 bits per heavy atom. The van der Waals surface area contributed by atoms with Crippen molar-refractivity contribution in [2.24, 2.45) is 0 Å². The van der Waals surface area contributed by atoms with Gasteiger partial charge in [-0.25, -0.2) is 19.0 Å². The number of carbonyl (C=O) groups excluding carboxylic acids is 3. The Morgan fingerprint density at radius 1 is 1.00 bits per heavy atom. The van der Waals surface area contributed by atoms with Crippen molar-refractivity contribution in [2.75, 3.05) is 48.7 Å². The molecule has 2 aromatic carbocycles. The van der Waals surface area contributed by atoms with E-state index in [1.165, 1.54) is 18.2 Å². The molecule has 2 saturated heterocycles. The van der Waals surface area contributed by atoms with Crippen molar-refractivity contribution >= 4 is 57.7 Å². The zero-order valence-corrected chi connectivity index (χ0v) is 22.0. The number of nitrogens with two attached hydrogens (primary N) is 1. The van der Waals surface area contributed by atoms with Crippen LogP contribution < -0.4 is 21.3 Å². The number of anilines is 3. The SMILES string of the molecule is Nc1cc(N2CCN(C(=O)NC3CCCCN(C(=O)Nc4cccc(F)c4)C3=O)CC2)c2ccc(Cl)cc2n1. The molecule has 2 fully saturated rings. The number of urea groups is 2. The molecule has 0 spiro atoms. The molecule has 4 N–H and O–H groups in total. The Hall–Kier alpha value is -4.12. The molecule has 0 radical (unpaired) electrons. The number of benzene rings is 2. The second kappa shape index (κ2) is 11.3. The first kappa shape index (κ1) is 26.5. The minimum Gasteiger partial charge on any atom is -0.384 e. The molecular formula is C27H29ClFN7O3. The molecule has 2 aliphatic heterocycles. The maximum atomic E-state index is 13.5. The third kappa shape index (κ3) is 5.98. The molecule has 2 aliphatic rings. The van der Waals surface area contributed by atoms with Crippen molar-refractivity contribution in [1.29, 1.82) is 0 Å². The maximum Gasteiger partial charge on any atom is 0.328 e. The van der Waals surface area contributed by atoms with Gasteiger partial charge in [0, 0.05) is 60.6 Å². The van der Waals surface area contributed by atoms with E-state index in [0.717, 1.165) is 16.0 Å². The molecule has 0 aliphatic carbocycles. The fourth-order valence-electron chi connectivity index (χ4n) is 4.99. The van der Waals surface area contributed by atoms with E-state index in [9.17, 15) is 18.8 Å². The first-order valence-corrected chi connectivity index (χ1v) is 13.2. The summed E-state index contributed by atoms with van der Waals surface area (Å²) in [7, 11) is 0. The first-order chi connectivity index (χ1) is 18.8. The average Bonchev–Trinajstić information content (AvgIpc) is 3.09. The van der Waals surface area contributed by atoms with Gasteiger partial charge in [0.05, 0.1) is 5.52 Å². The lowest BCUT2D eigenvalue weighted by molar-refractivity contribution is -0.129. The number of hydrogen-bond donors (Lipinski definition) is 3. The molecule has 1 unspecified atom stereocenters. The summed E-state index contributed by atoms with van der Waals surface area (Å²) in [5.74, 6) is -0.589. The number of hydrogen-bond acceptors (Lipinski definition) is 6. The molecule has 0 saturated carbocycles. The van der Waals surface area contributed by atoms with Gasteiger partial charge in [-0.15, -0.1) is 0 Å². The summed E-state index contributed by atoms with van der Waals surface area (Å²) in [6.07, 6.45) is 1.72. The third-order valence-electron chi connectivity index (χ3n) is 6.98. The predicted molar refractivity (Wildman–Crippen MR) is 148 cm³/mol. The second-order valence-electron chi connectivity index (χ2n) is 9.63. The number of carbonyl (C=O) groups is 3. The summed E-state index contributed by atoms with van der Waals surface area (Å²) in [4.78, 5) is 48.4. The van der Waals surface area contributed by atoms with Gasteiger partial charge >= 0.3 is 12.1 Å². The van der Waals surface area contributed by atoms with Crippen molar-refractivity contribution in [3.05, 3.63) is 59.4 Å². The van der Waals surface area contributed by atoms with Gasteiger partial charge in [-0.3, -0.25) is 9.69 Å². The van der Waals surface area contributed by atoms with Gasteiger partial charge in [0.1, 0.15) is 17.7 Å². The van der Waals surface area contributed by atoms with Gasteiger partial charge < -0.3 is 26.2 Å². The fraction of sp³-hybridized carbons (Fsp3) is 0.333. The Morgan fingerprint density at radius 2 is 1.79 bits per heavy atom. The van der Waals surface area contributed by atoms with Crippen molar-refractivity contribution in [1.82, 2.24) is 20.1 Å². The van der Waals surface area contributed by atoms with E-state index in [4.69, 9.17) is 17.3 Å². The van der Waals surface area contributed by atoms with Crippen LogP contribution in [0.3, 0.4) is 0 Å². The summed E-state index contributed by atoms with van der Waals surface area (Å²) in [6.45, 7) is 2.23. The van der Waals surface area contributed by atoms with Gasteiger partial charge in [-0.2, -0.15) is 0 Å². The van der Waals surface area contributed by atoms with Gasteiger partial charge in [0.2, 0.25) is 0 Å². The number of halogens is 2. The van der Waals surface area contributed by atoms with Crippen LogP contribution in [0.2, 0.25) is 5.02 Å². The highest BCUT2D eigenvalue weighted by molar-refractivity contribution is 6.31. The van der Waals surface area contributed by atoms with Crippen LogP contribution in [-0.2, 0) is 4.79 Å². The third-order valence-corrected chi connectivity index (χ3v) is 7.22. The molecule has 12 heteroatoms. The molecule has 3 heterocycles. The van der Waals surface area contributed by atoms with Crippen LogP contribution in [0.5, 0.6) is 0 Å². The van der Waals surface area contributed by atoms with Crippen LogP contribution in [0.4, 0.5) is 31.2 Å². The molecule has 39 heavy (non-hydrogen) atoms. The maximum absolute atomic E-state index is 13.5. The topological polar surface area (TPSA) is 124 Å². The number of likely N-dealkylation sites (tertiary alicyclic amines) is 1. The lowest BCUT2D eigenvalue weighted by Crippen LogP contribution is -2.56. The summed E-state index contributed by atoms with van der Waals surface area (Å²) < 4.78 is 13.5. The number of pyridine rings is 1. The quantitative estimate of drug-likeness (QED) is 0.449. The standard InChI is InChI=1S/C27H29ClFN7O3/c28-17-7-8-20-22(14-17)32-24(30)16-23(20)34-10-12-35(13-11-34)26(38)33-21-6-1-2-9-36(25(21)37)27(39)31-19-5-3-4-18(29)15-19/h3-5,7-8,14-16,21H,1-2,6,9-13H2,(H2,30,32)(H,31,39)(H,33,38). The first-order valence-electron chi connectivity index (χ1n) is 12.8. The smallest absolute Gasteiger partial charge is 0.328 e. The zero-order chi connectivity index (χ0) is 27.5. The molecule has 204 valence electrons. The Bertz CT molecular complexity index is 1410. The molecule has 0 bridgehead atoms. The van der Waals surface area contributed by atoms with E-state index in [-0.39, 0.29) is 18.3 Å². The summed E-state index contributed by atoms with van der Waals surface area (Å²) in [5, 5.41) is 6.89. The van der Waals surface area contributed by atoms with Crippen LogP contribution >= 0.6 is 11.6 Å². The van der Waals surface area contributed by atoms with E-state index in [0.29, 0.717) is 61.8 Å². The van der Waals surface area contributed by atoms with Gasteiger partial charge in [0.25, 0.3) is 5.91 Å². The highest BCUT2D eigenvalue weighted by Gasteiger charge is 2.33. The highest BCUT2D eigenvalue weighted by atomic mass is 35.5. The Kier molecular flexibility index (Phi) is 7.69. The number of fused-ring (bicyclic) bond motifs is 1. The monoisotopic (exact) mass is 553 g/mol. The molecule has 10 nitrogen and oxygen atoms in total. The van der Waals surface area contributed by atoms with Gasteiger partial charge in [-0.1, -0.05) is 17.7 Å². The number of amides is 5. The number of nitrogens with zero attached hydrogens (tertiary/aromatic N) is 4. The van der Waals surface area contributed by atoms with Crippen LogP contribution in [0.25, 0.3) is 10.9 Å². The number of imide groups is 1. The number of piperazine rings is 1. The summed E-state index contributed by atoms with van der Waals surface area (Å²) >= 11 is 6.12. The molecule has 5 rings (SSSR count). The fourth-order valence-corrected chi connectivity index (χ4v) is 5.15. The summed E-state index contributed by atoms with van der Waals surface area (Å²) in [6, 6.07) is 10.9. The lowest BCUT2D eigenvalue weighted by Gasteiger charge is -2.37. The minimum atomic E-state index is -0.829. The number of nitrogen functional groups attached to an aromatic ring is 1. The Balaban J connectivity index is 1.21. The van der Waals surface area contributed by atoms with Crippen molar-refractivity contribution in [3.8, 4) is 0 Å². The number of rotatable bonds is 3. The van der Waals surface area contributed by atoms with Gasteiger partial charge in [-0.05, 0) is 55.7 Å².